The van der Waals surface area contributed by atoms with Crippen molar-refractivity contribution in [2.45, 2.75) is 46.2 Å². The summed E-state index contributed by atoms with van der Waals surface area (Å²) in [6, 6.07) is 8.42. The van der Waals surface area contributed by atoms with Gasteiger partial charge in [-0.05, 0) is 37.0 Å². The molecule has 5 heteroatoms. The van der Waals surface area contributed by atoms with E-state index in [0.717, 1.165) is 47.3 Å². The van der Waals surface area contributed by atoms with E-state index in [1.54, 1.807) is 11.3 Å². The number of hydrogen-bond donors (Lipinski definition) is 1. The van der Waals surface area contributed by atoms with E-state index in [1.807, 2.05) is 31.3 Å². The highest BCUT2D eigenvalue weighted by Gasteiger charge is 2.34. The van der Waals surface area contributed by atoms with E-state index in [0.29, 0.717) is 6.04 Å². The first-order valence-electron chi connectivity index (χ1n) is 8.69. The van der Waals surface area contributed by atoms with E-state index >= 15 is 0 Å². The van der Waals surface area contributed by atoms with Crippen molar-refractivity contribution in [2.24, 2.45) is 5.41 Å². The Morgan fingerprint density at radius 3 is 3.04 bits per heavy atom. The molecule has 1 aliphatic rings. The van der Waals surface area contributed by atoms with Crippen LogP contribution in [0.15, 0.2) is 40.3 Å². The number of hydrogen-bond acceptors (Lipinski definition) is 5. The molecule has 1 aliphatic carbocycles. The highest BCUT2D eigenvalue weighted by molar-refractivity contribution is 7.13. The molecule has 0 aliphatic heterocycles. The predicted octanol–water partition coefficient (Wildman–Crippen LogP) is 4.91. The summed E-state index contributed by atoms with van der Waals surface area (Å²) in [5.41, 5.74) is 3.56. The molecule has 25 heavy (non-hydrogen) atoms. The van der Waals surface area contributed by atoms with Crippen molar-refractivity contribution in [1.29, 1.82) is 0 Å². The van der Waals surface area contributed by atoms with Gasteiger partial charge in [-0.15, -0.1) is 11.3 Å². The van der Waals surface area contributed by atoms with Crippen LogP contribution in [-0.2, 0) is 13.0 Å². The van der Waals surface area contributed by atoms with Gasteiger partial charge in [-0.25, -0.2) is 4.98 Å². The molecule has 0 spiro atoms. The van der Waals surface area contributed by atoms with Gasteiger partial charge >= 0.3 is 0 Å². The number of furan rings is 1. The summed E-state index contributed by atoms with van der Waals surface area (Å²) in [6.07, 6.45) is 3.92. The van der Waals surface area contributed by atoms with Crippen molar-refractivity contribution in [2.75, 3.05) is 0 Å². The topological polar surface area (TPSA) is 51.0 Å². The lowest BCUT2D eigenvalue weighted by Crippen LogP contribution is -2.32. The van der Waals surface area contributed by atoms with Crippen LogP contribution in [0.5, 0.6) is 0 Å². The van der Waals surface area contributed by atoms with Crippen molar-refractivity contribution in [1.82, 2.24) is 15.3 Å². The Morgan fingerprint density at radius 2 is 2.24 bits per heavy atom. The second-order valence-corrected chi connectivity index (χ2v) is 8.43. The zero-order valence-corrected chi connectivity index (χ0v) is 15.7. The van der Waals surface area contributed by atoms with E-state index < -0.39 is 0 Å². The normalized spacial score (nSPS) is 18.9. The first-order chi connectivity index (χ1) is 12.0. The summed E-state index contributed by atoms with van der Waals surface area (Å²) >= 11 is 1.65. The van der Waals surface area contributed by atoms with E-state index in [-0.39, 0.29) is 5.41 Å². The fraction of sp³-hybridized carbons (Fsp3) is 0.400. The SMILES string of the molecule is Cc1cc2c(o1)CC(C)(C)CC2NCc1csc(-c2ccccn2)n1. The van der Waals surface area contributed by atoms with E-state index in [1.165, 1.54) is 5.56 Å². The van der Waals surface area contributed by atoms with Crippen LogP contribution in [0.1, 0.15) is 49.1 Å². The lowest BCUT2D eigenvalue weighted by atomic mass is 9.74. The van der Waals surface area contributed by atoms with Crippen LogP contribution in [0.25, 0.3) is 10.7 Å². The molecule has 1 atom stereocenters. The van der Waals surface area contributed by atoms with Gasteiger partial charge in [0, 0.05) is 36.1 Å². The summed E-state index contributed by atoms with van der Waals surface area (Å²) in [7, 11) is 0. The van der Waals surface area contributed by atoms with Crippen molar-refractivity contribution in [3.05, 3.63) is 58.6 Å². The van der Waals surface area contributed by atoms with Gasteiger partial charge in [0.2, 0.25) is 0 Å². The second-order valence-electron chi connectivity index (χ2n) is 7.57. The Balaban J connectivity index is 1.49. The van der Waals surface area contributed by atoms with Gasteiger partial charge in [-0.1, -0.05) is 19.9 Å². The van der Waals surface area contributed by atoms with Crippen molar-refractivity contribution >= 4 is 11.3 Å². The van der Waals surface area contributed by atoms with Gasteiger partial charge in [0.25, 0.3) is 0 Å². The Kier molecular flexibility index (Phi) is 4.21. The maximum Gasteiger partial charge on any atom is 0.142 e. The molecule has 0 radical (unpaired) electrons. The number of fused-ring (bicyclic) bond motifs is 1. The Bertz CT molecular complexity index is 866. The molecule has 130 valence electrons. The molecule has 1 unspecified atom stereocenters. The summed E-state index contributed by atoms with van der Waals surface area (Å²) in [4.78, 5) is 9.11. The third-order valence-corrected chi connectivity index (χ3v) is 5.62. The molecule has 1 N–H and O–H groups in total. The molecule has 0 bridgehead atoms. The van der Waals surface area contributed by atoms with Crippen molar-refractivity contribution < 1.29 is 4.42 Å². The molecular weight excluding hydrogens is 330 g/mol. The predicted molar refractivity (Wildman–Crippen MR) is 100 cm³/mol. The van der Waals surface area contributed by atoms with E-state index in [4.69, 9.17) is 9.40 Å². The van der Waals surface area contributed by atoms with Crippen LogP contribution in [0, 0.1) is 12.3 Å². The molecule has 0 saturated carbocycles. The third-order valence-electron chi connectivity index (χ3n) is 4.70. The Hall–Kier alpha value is -1.98. The summed E-state index contributed by atoms with van der Waals surface area (Å²) in [6.45, 7) is 7.41. The maximum atomic E-state index is 5.92. The molecule has 3 heterocycles. The van der Waals surface area contributed by atoms with Crippen LogP contribution in [0.2, 0.25) is 0 Å². The number of rotatable bonds is 4. The average molecular weight is 353 g/mol. The van der Waals surface area contributed by atoms with Gasteiger partial charge in [-0.2, -0.15) is 0 Å². The molecule has 3 aromatic rings. The van der Waals surface area contributed by atoms with Gasteiger partial charge in [-0.3, -0.25) is 4.98 Å². The van der Waals surface area contributed by atoms with Gasteiger partial charge < -0.3 is 9.73 Å². The van der Waals surface area contributed by atoms with Gasteiger partial charge in [0.15, 0.2) is 0 Å². The molecular formula is C20H23N3OS. The number of pyridine rings is 1. The number of thiazole rings is 1. The monoisotopic (exact) mass is 353 g/mol. The van der Waals surface area contributed by atoms with E-state index in [9.17, 15) is 0 Å². The summed E-state index contributed by atoms with van der Waals surface area (Å²) in [5, 5.41) is 6.78. The largest absolute Gasteiger partial charge is 0.466 e. The summed E-state index contributed by atoms with van der Waals surface area (Å²) in [5.74, 6) is 2.14. The van der Waals surface area contributed by atoms with Gasteiger partial charge in [0.1, 0.15) is 16.5 Å². The maximum absolute atomic E-state index is 5.92. The first kappa shape index (κ1) is 16.5. The van der Waals surface area contributed by atoms with E-state index in [2.05, 4.69) is 35.6 Å². The van der Waals surface area contributed by atoms with Crippen LogP contribution >= 0.6 is 11.3 Å². The van der Waals surface area contributed by atoms with Crippen LogP contribution in [0.4, 0.5) is 0 Å². The quantitative estimate of drug-likeness (QED) is 0.724. The summed E-state index contributed by atoms with van der Waals surface area (Å²) < 4.78 is 5.92. The highest BCUT2D eigenvalue weighted by atomic mass is 32.1. The standard InChI is InChI=1S/C20H23N3OS/c1-13-8-15-17(9-20(2,3)10-18(15)24-13)22-11-14-12-25-19(23-14)16-6-4-5-7-21-16/h4-8,12,17,22H,9-11H2,1-3H3. The molecule has 0 aromatic carbocycles. The van der Waals surface area contributed by atoms with Crippen LogP contribution in [0.3, 0.4) is 0 Å². The van der Waals surface area contributed by atoms with Gasteiger partial charge in [0.05, 0.1) is 11.4 Å². The second kappa shape index (κ2) is 6.39. The van der Waals surface area contributed by atoms with Crippen LogP contribution in [-0.4, -0.2) is 9.97 Å². The Morgan fingerprint density at radius 1 is 1.36 bits per heavy atom. The Labute approximate surface area is 152 Å². The highest BCUT2D eigenvalue weighted by Crippen LogP contribution is 2.42. The smallest absolute Gasteiger partial charge is 0.142 e. The number of aromatic nitrogens is 2. The minimum atomic E-state index is 0.246. The lowest BCUT2D eigenvalue weighted by molar-refractivity contribution is 0.233. The first-order valence-corrected chi connectivity index (χ1v) is 9.56. The molecule has 0 amide bonds. The number of aryl methyl sites for hydroxylation is 1. The molecule has 0 saturated heterocycles. The van der Waals surface area contributed by atoms with Crippen molar-refractivity contribution in [3.8, 4) is 10.7 Å². The molecule has 4 rings (SSSR count). The lowest BCUT2D eigenvalue weighted by Gasteiger charge is -2.34. The number of nitrogens with one attached hydrogen (secondary N) is 1. The minimum absolute atomic E-state index is 0.246. The number of nitrogens with zero attached hydrogens (tertiary/aromatic N) is 2. The molecule has 4 nitrogen and oxygen atoms in total. The van der Waals surface area contributed by atoms with Crippen LogP contribution < -0.4 is 5.32 Å². The minimum Gasteiger partial charge on any atom is -0.466 e. The fourth-order valence-corrected chi connectivity index (χ4v) is 4.38. The third kappa shape index (κ3) is 3.53. The molecule has 0 fully saturated rings. The zero-order valence-electron chi connectivity index (χ0n) is 14.9. The molecule has 3 aromatic heterocycles. The average Bonchev–Trinajstić information content (AvgIpc) is 3.18. The zero-order chi connectivity index (χ0) is 17.4. The fourth-order valence-electron chi connectivity index (χ4n) is 3.59. The van der Waals surface area contributed by atoms with Crippen molar-refractivity contribution in [3.63, 3.8) is 0 Å².